The summed E-state index contributed by atoms with van der Waals surface area (Å²) in [5.41, 5.74) is 0.832. The van der Waals surface area contributed by atoms with Crippen molar-refractivity contribution in [3.63, 3.8) is 0 Å². The van der Waals surface area contributed by atoms with E-state index in [9.17, 15) is 0 Å². The van der Waals surface area contributed by atoms with E-state index in [1.807, 2.05) is 37.3 Å². The average molecular weight is 184 g/mol. The summed E-state index contributed by atoms with van der Waals surface area (Å²) in [4.78, 5) is 4.19. The number of rotatable bonds is 2. The van der Waals surface area contributed by atoms with Crippen molar-refractivity contribution in [2.45, 2.75) is 6.92 Å². The molecule has 1 aromatic carbocycles. The van der Waals surface area contributed by atoms with Crippen LogP contribution in [0.4, 0.5) is 0 Å². The molecular formula is C12H10NO. The van der Waals surface area contributed by atoms with Gasteiger partial charge in [0.05, 0.1) is 0 Å². The number of benzene rings is 1. The Hall–Kier alpha value is -1.83. The fourth-order valence-electron chi connectivity index (χ4n) is 1.13. The van der Waals surface area contributed by atoms with E-state index in [1.54, 1.807) is 12.1 Å². The van der Waals surface area contributed by atoms with Crippen molar-refractivity contribution in [2.75, 3.05) is 0 Å². The first-order chi connectivity index (χ1) is 6.84. The van der Waals surface area contributed by atoms with Crippen LogP contribution in [0.25, 0.3) is 0 Å². The topological polar surface area (TPSA) is 22.1 Å². The van der Waals surface area contributed by atoms with E-state index in [0.717, 1.165) is 11.4 Å². The van der Waals surface area contributed by atoms with Crippen LogP contribution in [0.1, 0.15) is 5.69 Å². The lowest BCUT2D eigenvalue weighted by Gasteiger charge is -2.03. The van der Waals surface area contributed by atoms with Gasteiger partial charge in [-0.05, 0) is 25.1 Å². The molecule has 14 heavy (non-hydrogen) atoms. The predicted molar refractivity (Wildman–Crippen MR) is 54.3 cm³/mol. The standard InChI is InChI=1S/C12H10NO/c1-10-6-5-9-12(13-10)14-11-7-3-2-4-8-11/h2-5,7-9H,1H3. The quantitative estimate of drug-likeness (QED) is 0.715. The number of para-hydroxylation sites is 1. The molecule has 0 bridgehead atoms. The maximum Gasteiger partial charge on any atom is 0.219 e. The maximum absolute atomic E-state index is 5.53. The van der Waals surface area contributed by atoms with Gasteiger partial charge < -0.3 is 4.74 Å². The second-order valence-corrected chi connectivity index (χ2v) is 2.93. The van der Waals surface area contributed by atoms with E-state index in [0.29, 0.717) is 5.88 Å². The molecule has 0 aliphatic heterocycles. The summed E-state index contributed by atoms with van der Waals surface area (Å²) in [6, 6.07) is 16.2. The molecule has 2 aromatic rings. The van der Waals surface area contributed by atoms with E-state index in [2.05, 4.69) is 11.1 Å². The minimum absolute atomic E-state index is 0.604. The predicted octanol–water partition coefficient (Wildman–Crippen LogP) is 2.98. The molecule has 1 aromatic heterocycles. The zero-order valence-electron chi connectivity index (χ0n) is 7.90. The van der Waals surface area contributed by atoms with Crippen molar-refractivity contribution in [1.29, 1.82) is 0 Å². The molecule has 2 rings (SSSR count). The smallest absolute Gasteiger partial charge is 0.219 e. The van der Waals surface area contributed by atoms with Crippen LogP contribution >= 0.6 is 0 Å². The highest BCUT2D eigenvalue weighted by Crippen LogP contribution is 2.17. The van der Waals surface area contributed by atoms with E-state index < -0.39 is 0 Å². The van der Waals surface area contributed by atoms with Crippen molar-refractivity contribution < 1.29 is 4.74 Å². The second-order valence-electron chi connectivity index (χ2n) is 2.93. The molecule has 0 saturated heterocycles. The average Bonchev–Trinajstić information content (AvgIpc) is 2.19. The molecule has 69 valence electrons. The lowest BCUT2D eigenvalue weighted by molar-refractivity contribution is 0.461. The largest absolute Gasteiger partial charge is 0.439 e. The van der Waals surface area contributed by atoms with Crippen LogP contribution in [-0.4, -0.2) is 4.98 Å². The van der Waals surface area contributed by atoms with E-state index >= 15 is 0 Å². The zero-order valence-corrected chi connectivity index (χ0v) is 7.90. The van der Waals surface area contributed by atoms with Gasteiger partial charge in [-0.2, -0.15) is 0 Å². The molecular weight excluding hydrogens is 174 g/mol. The monoisotopic (exact) mass is 184 g/mol. The van der Waals surface area contributed by atoms with Crippen LogP contribution in [0.3, 0.4) is 0 Å². The summed E-state index contributed by atoms with van der Waals surface area (Å²) >= 11 is 0. The SMILES string of the molecule is Cc1[c]ccc(Oc2ccccc2)n1. The molecule has 0 aliphatic rings. The van der Waals surface area contributed by atoms with Crippen LogP contribution in [0.15, 0.2) is 42.5 Å². The van der Waals surface area contributed by atoms with Gasteiger partial charge in [-0.25, -0.2) is 4.98 Å². The molecule has 0 spiro atoms. The minimum Gasteiger partial charge on any atom is -0.439 e. The molecule has 0 N–H and O–H groups in total. The highest BCUT2D eigenvalue weighted by atomic mass is 16.5. The van der Waals surface area contributed by atoms with Crippen LogP contribution in [0.5, 0.6) is 11.6 Å². The van der Waals surface area contributed by atoms with Gasteiger partial charge in [0.25, 0.3) is 0 Å². The summed E-state index contributed by atoms with van der Waals surface area (Å²) in [7, 11) is 0. The molecule has 1 heterocycles. The lowest BCUT2D eigenvalue weighted by Crippen LogP contribution is -1.88. The van der Waals surface area contributed by atoms with Gasteiger partial charge in [0.2, 0.25) is 5.88 Å². The van der Waals surface area contributed by atoms with Gasteiger partial charge in [0.1, 0.15) is 5.75 Å². The number of ether oxygens (including phenoxy) is 1. The Labute approximate surface area is 83.2 Å². The second kappa shape index (κ2) is 3.92. The summed E-state index contributed by atoms with van der Waals surface area (Å²) in [5, 5.41) is 0. The number of aryl methyl sites for hydroxylation is 1. The molecule has 0 aliphatic carbocycles. The van der Waals surface area contributed by atoms with Crippen molar-refractivity contribution in [2.24, 2.45) is 0 Å². The first-order valence-corrected chi connectivity index (χ1v) is 4.43. The third-order valence-corrected chi connectivity index (χ3v) is 1.76. The maximum atomic E-state index is 5.53. The number of nitrogens with zero attached hydrogens (tertiary/aromatic N) is 1. The molecule has 2 nitrogen and oxygen atoms in total. The highest BCUT2D eigenvalue weighted by molar-refractivity contribution is 5.26. The first-order valence-electron chi connectivity index (χ1n) is 4.43. The van der Waals surface area contributed by atoms with Crippen molar-refractivity contribution in [3.05, 3.63) is 54.2 Å². The Bertz CT molecular complexity index is 412. The van der Waals surface area contributed by atoms with Crippen molar-refractivity contribution in [3.8, 4) is 11.6 Å². The Morgan fingerprint density at radius 3 is 2.64 bits per heavy atom. The number of pyridine rings is 1. The summed E-state index contributed by atoms with van der Waals surface area (Å²) in [5.74, 6) is 1.40. The summed E-state index contributed by atoms with van der Waals surface area (Å²) in [6.45, 7) is 1.89. The van der Waals surface area contributed by atoms with E-state index in [-0.39, 0.29) is 0 Å². The molecule has 0 unspecified atom stereocenters. The molecule has 2 heteroatoms. The van der Waals surface area contributed by atoms with Crippen LogP contribution < -0.4 is 4.74 Å². The molecule has 0 fully saturated rings. The minimum atomic E-state index is 0.604. The molecule has 0 atom stereocenters. The fourth-order valence-corrected chi connectivity index (χ4v) is 1.13. The van der Waals surface area contributed by atoms with E-state index in [4.69, 9.17) is 4.74 Å². The van der Waals surface area contributed by atoms with Gasteiger partial charge >= 0.3 is 0 Å². The van der Waals surface area contributed by atoms with Crippen LogP contribution in [-0.2, 0) is 0 Å². The Balaban J connectivity index is 2.19. The number of hydrogen-bond donors (Lipinski definition) is 0. The van der Waals surface area contributed by atoms with Gasteiger partial charge in [0, 0.05) is 17.8 Å². The lowest BCUT2D eigenvalue weighted by atomic mass is 10.3. The highest BCUT2D eigenvalue weighted by Gasteiger charge is 1.96. The number of hydrogen-bond acceptors (Lipinski definition) is 2. The van der Waals surface area contributed by atoms with Gasteiger partial charge in [0.15, 0.2) is 0 Å². The molecule has 1 radical (unpaired) electrons. The van der Waals surface area contributed by atoms with E-state index in [1.165, 1.54) is 0 Å². The number of aromatic nitrogens is 1. The van der Waals surface area contributed by atoms with Gasteiger partial charge in [-0.3, -0.25) is 0 Å². The van der Waals surface area contributed by atoms with Gasteiger partial charge in [-0.1, -0.05) is 18.2 Å². The third-order valence-electron chi connectivity index (χ3n) is 1.76. The molecule has 0 amide bonds. The van der Waals surface area contributed by atoms with Crippen LogP contribution in [0, 0.1) is 13.0 Å². The fraction of sp³-hybridized carbons (Fsp3) is 0.0833. The third kappa shape index (κ3) is 2.10. The Morgan fingerprint density at radius 1 is 1.14 bits per heavy atom. The van der Waals surface area contributed by atoms with Crippen molar-refractivity contribution >= 4 is 0 Å². The Morgan fingerprint density at radius 2 is 1.93 bits per heavy atom. The van der Waals surface area contributed by atoms with Crippen LogP contribution in [0.2, 0.25) is 0 Å². The summed E-state index contributed by atoms with van der Waals surface area (Å²) in [6.07, 6.45) is 0. The van der Waals surface area contributed by atoms with Crippen molar-refractivity contribution in [1.82, 2.24) is 4.98 Å². The first kappa shape index (κ1) is 8.75. The summed E-state index contributed by atoms with van der Waals surface area (Å²) < 4.78 is 5.53. The van der Waals surface area contributed by atoms with Gasteiger partial charge in [-0.15, -0.1) is 0 Å². The molecule has 0 saturated carbocycles. The normalized spacial score (nSPS) is 9.79. The Kier molecular flexibility index (Phi) is 2.45. The zero-order chi connectivity index (χ0) is 9.80.